The number of hydrogen-bond donors (Lipinski definition) is 1. The number of methoxy groups -OCH3 is 2. The number of aromatic nitrogens is 1. The second-order valence-electron chi connectivity index (χ2n) is 4.23. The van der Waals surface area contributed by atoms with Crippen LogP contribution in [-0.2, 0) is 6.54 Å². The molecule has 0 saturated heterocycles. The van der Waals surface area contributed by atoms with E-state index in [9.17, 15) is 0 Å². The van der Waals surface area contributed by atoms with E-state index in [1.165, 1.54) is 0 Å². The molecule has 0 aliphatic carbocycles. The second-order valence-corrected chi connectivity index (χ2v) is 4.23. The molecule has 0 unspecified atom stereocenters. The molecule has 1 aromatic heterocycles. The Hall–Kier alpha value is -2.23. The number of benzene rings is 1. The molecule has 0 radical (unpaired) electrons. The maximum absolute atomic E-state index is 5.28. The van der Waals surface area contributed by atoms with Crippen molar-refractivity contribution in [2.75, 3.05) is 19.5 Å². The van der Waals surface area contributed by atoms with E-state index in [1.54, 1.807) is 20.4 Å². The molecule has 1 aromatic carbocycles. The SMILES string of the molecule is COc1cccc(CNc2cc(C)ncc2OC)c1. The monoisotopic (exact) mass is 258 g/mol. The van der Waals surface area contributed by atoms with Gasteiger partial charge in [0.05, 0.1) is 26.1 Å². The minimum atomic E-state index is 0.705. The lowest BCUT2D eigenvalue weighted by atomic mass is 10.2. The summed E-state index contributed by atoms with van der Waals surface area (Å²) >= 11 is 0. The number of pyridine rings is 1. The smallest absolute Gasteiger partial charge is 0.160 e. The fourth-order valence-corrected chi connectivity index (χ4v) is 1.83. The Kier molecular flexibility index (Phi) is 4.23. The third-order valence-electron chi connectivity index (χ3n) is 2.84. The summed E-state index contributed by atoms with van der Waals surface area (Å²) in [5.41, 5.74) is 3.04. The summed E-state index contributed by atoms with van der Waals surface area (Å²) in [6, 6.07) is 9.94. The topological polar surface area (TPSA) is 43.4 Å². The zero-order valence-electron chi connectivity index (χ0n) is 11.4. The van der Waals surface area contributed by atoms with E-state index in [-0.39, 0.29) is 0 Å². The Bertz CT molecular complexity index is 556. The summed E-state index contributed by atoms with van der Waals surface area (Å²) in [6.07, 6.45) is 1.73. The molecule has 0 aliphatic rings. The zero-order chi connectivity index (χ0) is 13.7. The Labute approximate surface area is 113 Å². The first-order chi connectivity index (χ1) is 9.22. The Balaban J connectivity index is 2.11. The van der Waals surface area contributed by atoms with Gasteiger partial charge in [-0.25, -0.2) is 0 Å². The molecule has 2 aromatic rings. The van der Waals surface area contributed by atoms with Gasteiger partial charge >= 0.3 is 0 Å². The van der Waals surface area contributed by atoms with Gasteiger partial charge in [0.25, 0.3) is 0 Å². The highest BCUT2D eigenvalue weighted by atomic mass is 16.5. The van der Waals surface area contributed by atoms with Crippen molar-refractivity contribution in [2.24, 2.45) is 0 Å². The predicted molar refractivity (Wildman–Crippen MR) is 75.8 cm³/mol. The van der Waals surface area contributed by atoms with Crippen LogP contribution in [0.4, 0.5) is 5.69 Å². The largest absolute Gasteiger partial charge is 0.497 e. The Morgan fingerprint density at radius 3 is 2.74 bits per heavy atom. The number of nitrogens with zero attached hydrogens (tertiary/aromatic N) is 1. The molecule has 100 valence electrons. The number of nitrogens with one attached hydrogen (secondary N) is 1. The quantitative estimate of drug-likeness (QED) is 0.895. The van der Waals surface area contributed by atoms with E-state index in [2.05, 4.69) is 16.4 Å². The molecule has 1 N–H and O–H groups in total. The fraction of sp³-hybridized carbons (Fsp3) is 0.267. The van der Waals surface area contributed by atoms with Gasteiger partial charge in [0, 0.05) is 12.2 Å². The second kappa shape index (κ2) is 6.09. The standard InChI is InChI=1S/C15H18N2O2/c1-11-7-14(15(19-3)10-16-11)17-9-12-5-4-6-13(8-12)18-2/h4-8,10H,9H2,1-3H3,(H,16,17). The van der Waals surface area contributed by atoms with E-state index in [4.69, 9.17) is 9.47 Å². The lowest BCUT2D eigenvalue weighted by Gasteiger charge is -2.12. The minimum Gasteiger partial charge on any atom is -0.497 e. The van der Waals surface area contributed by atoms with Gasteiger partial charge in [0.2, 0.25) is 0 Å². The van der Waals surface area contributed by atoms with Crippen LogP contribution in [0.25, 0.3) is 0 Å². The molecule has 0 aliphatic heterocycles. The summed E-state index contributed by atoms with van der Waals surface area (Å²) in [4.78, 5) is 4.21. The van der Waals surface area contributed by atoms with E-state index >= 15 is 0 Å². The number of aryl methyl sites for hydroxylation is 1. The number of rotatable bonds is 5. The van der Waals surface area contributed by atoms with E-state index in [1.807, 2.05) is 31.2 Å². The Morgan fingerprint density at radius 2 is 2.00 bits per heavy atom. The van der Waals surface area contributed by atoms with E-state index in [0.29, 0.717) is 6.54 Å². The average molecular weight is 258 g/mol. The molecule has 4 heteroatoms. The van der Waals surface area contributed by atoms with Gasteiger partial charge in [0.1, 0.15) is 5.75 Å². The maximum Gasteiger partial charge on any atom is 0.160 e. The van der Waals surface area contributed by atoms with Crippen molar-refractivity contribution >= 4 is 5.69 Å². The van der Waals surface area contributed by atoms with Crippen molar-refractivity contribution < 1.29 is 9.47 Å². The molecule has 0 saturated carbocycles. The van der Waals surface area contributed by atoms with Crippen LogP contribution in [0.5, 0.6) is 11.5 Å². The molecule has 2 rings (SSSR count). The number of anilines is 1. The summed E-state index contributed by atoms with van der Waals surface area (Å²) < 4.78 is 10.5. The van der Waals surface area contributed by atoms with Gasteiger partial charge in [0.15, 0.2) is 5.75 Å². The molecule has 19 heavy (non-hydrogen) atoms. The lowest BCUT2D eigenvalue weighted by molar-refractivity contribution is 0.413. The van der Waals surface area contributed by atoms with Crippen LogP contribution < -0.4 is 14.8 Å². The fourth-order valence-electron chi connectivity index (χ4n) is 1.83. The van der Waals surface area contributed by atoms with E-state index < -0.39 is 0 Å². The molecular formula is C15H18N2O2. The van der Waals surface area contributed by atoms with Crippen molar-refractivity contribution in [2.45, 2.75) is 13.5 Å². The first-order valence-electron chi connectivity index (χ1n) is 6.10. The zero-order valence-corrected chi connectivity index (χ0v) is 11.4. The first-order valence-corrected chi connectivity index (χ1v) is 6.10. The van der Waals surface area contributed by atoms with Gasteiger partial charge in [-0.2, -0.15) is 0 Å². The molecule has 0 spiro atoms. The summed E-state index contributed by atoms with van der Waals surface area (Å²) in [6.45, 7) is 2.66. The predicted octanol–water partition coefficient (Wildman–Crippen LogP) is 3.02. The van der Waals surface area contributed by atoms with Gasteiger partial charge in [-0.3, -0.25) is 4.98 Å². The van der Waals surface area contributed by atoms with Crippen LogP contribution in [0.15, 0.2) is 36.5 Å². The summed E-state index contributed by atoms with van der Waals surface area (Å²) in [7, 11) is 3.31. The third-order valence-corrected chi connectivity index (χ3v) is 2.84. The van der Waals surface area contributed by atoms with Crippen molar-refractivity contribution in [3.8, 4) is 11.5 Å². The van der Waals surface area contributed by atoms with Gasteiger partial charge in [-0.15, -0.1) is 0 Å². The third kappa shape index (κ3) is 3.37. The van der Waals surface area contributed by atoms with Crippen LogP contribution >= 0.6 is 0 Å². The molecule has 0 fully saturated rings. The molecule has 4 nitrogen and oxygen atoms in total. The molecular weight excluding hydrogens is 240 g/mol. The highest BCUT2D eigenvalue weighted by molar-refractivity contribution is 5.56. The first kappa shape index (κ1) is 13.2. The van der Waals surface area contributed by atoms with E-state index in [0.717, 1.165) is 28.4 Å². The normalized spacial score (nSPS) is 10.1. The van der Waals surface area contributed by atoms with Gasteiger partial charge < -0.3 is 14.8 Å². The van der Waals surface area contributed by atoms with Gasteiger partial charge in [-0.1, -0.05) is 12.1 Å². The molecule has 1 heterocycles. The van der Waals surface area contributed by atoms with Crippen molar-refractivity contribution in [3.05, 3.63) is 47.8 Å². The maximum atomic E-state index is 5.28. The summed E-state index contributed by atoms with van der Waals surface area (Å²) in [5, 5.41) is 3.35. The van der Waals surface area contributed by atoms with Crippen LogP contribution in [0.1, 0.15) is 11.3 Å². The van der Waals surface area contributed by atoms with Gasteiger partial charge in [-0.05, 0) is 30.7 Å². The summed E-state index contributed by atoms with van der Waals surface area (Å²) in [5.74, 6) is 1.60. The molecule has 0 amide bonds. The van der Waals surface area contributed by atoms with Crippen LogP contribution in [0, 0.1) is 6.92 Å². The highest BCUT2D eigenvalue weighted by Crippen LogP contribution is 2.24. The van der Waals surface area contributed by atoms with Crippen LogP contribution in [0.3, 0.4) is 0 Å². The van der Waals surface area contributed by atoms with Crippen molar-refractivity contribution in [1.82, 2.24) is 4.98 Å². The van der Waals surface area contributed by atoms with Crippen molar-refractivity contribution in [1.29, 1.82) is 0 Å². The molecule has 0 atom stereocenters. The van der Waals surface area contributed by atoms with Crippen LogP contribution in [-0.4, -0.2) is 19.2 Å². The number of ether oxygens (including phenoxy) is 2. The molecule has 0 bridgehead atoms. The lowest BCUT2D eigenvalue weighted by Crippen LogP contribution is -2.02. The van der Waals surface area contributed by atoms with Crippen molar-refractivity contribution in [3.63, 3.8) is 0 Å². The minimum absolute atomic E-state index is 0.705. The number of hydrogen-bond acceptors (Lipinski definition) is 4. The highest BCUT2D eigenvalue weighted by Gasteiger charge is 2.04. The van der Waals surface area contributed by atoms with Crippen LogP contribution in [0.2, 0.25) is 0 Å². The average Bonchev–Trinajstić information content (AvgIpc) is 2.45. The Morgan fingerprint density at radius 1 is 1.16 bits per heavy atom.